The Bertz CT molecular complexity index is 825. The number of benzene rings is 1. The first-order valence-corrected chi connectivity index (χ1v) is 9.82. The van der Waals surface area contributed by atoms with Crippen molar-refractivity contribution < 1.29 is 14.1 Å². The van der Waals surface area contributed by atoms with Crippen molar-refractivity contribution in [1.82, 2.24) is 15.0 Å². The highest BCUT2D eigenvalue weighted by Crippen LogP contribution is 2.31. The van der Waals surface area contributed by atoms with Crippen LogP contribution in [0.15, 0.2) is 40.9 Å². The van der Waals surface area contributed by atoms with Gasteiger partial charge in [0.1, 0.15) is 0 Å². The molecule has 3 heterocycles. The number of piperidine rings is 1. The maximum Gasteiger partial charge on any atom is 0.266 e. The highest BCUT2D eigenvalue weighted by atomic mass is 16.5. The molecule has 0 N–H and O–H groups in total. The maximum absolute atomic E-state index is 12.5. The monoisotopic (exact) mass is 382 g/mol. The number of nitrogens with zero attached hydrogens (tertiary/aromatic N) is 4. The molecule has 1 aromatic heterocycles. The van der Waals surface area contributed by atoms with Crippen LogP contribution in [-0.4, -0.2) is 59.3 Å². The molecule has 2 aliphatic rings. The molecule has 7 nitrogen and oxygen atoms in total. The fourth-order valence-corrected chi connectivity index (χ4v) is 3.87. The Labute approximate surface area is 165 Å². The van der Waals surface area contributed by atoms with Crippen molar-refractivity contribution in [2.24, 2.45) is 0 Å². The molecule has 28 heavy (non-hydrogen) atoms. The zero-order chi connectivity index (χ0) is 19.4. The molecule has 2 fully saturated rings. The van der Waals surface area contributed by atoms with E-state index in [9.17, 15) is 4.79 Å². The highest BCUT2D eigenvalue weighted by Gasteiger charge is 2.40. The molecule has 4 rings (SSSR count). The van der Waals surface area contributed by atoms with Crippen molar-refractivity contribution in [2.45, 2.75) is 31.8 Å². The molecule has 0 saturated carbocycles. The van der Waals surface area contributed by atoms with Gasteiger partial charge < -0.3 is 19.1 Å². The molecule has 2 saturated heterocycles. The molecule has 2 aromatic rings. The van der Waals surface area contributed by atoms with Crippen LogP contribution in [0.1, 0.15) is 30.7 Å². The number of ether oxygens (including phenoxy) is 1. The summed E-state index contributed by atoms with van der Waals surface area (Å²) in [5.41, 5.74) is 0.849. The topological polar surface area (TPSA) is 71.7 Å². The number of rotatable bonds is 4. The molecular formula is C21H26N4O3. The smallest absolute Gasteiger partial charge is 0.266 e. The predicted octanol–water partition coefficient (Wildman–Crippen LogP) is 2.68. The molecule has 0 radical (unpaired) electrons. The van der Waals surface area contributed by atoms with Gasteiger partial charge in [-0.2, -0.15) is 4.98 Å². The van der Waals surface area contributed by atoms with Gasteiger partial charge in [-0.05, 0) is 23.6 Å². The molecule has 0 aliphatic carbocycles. The number of aryl methyl sites for hydroxylation is 1. The summed E-state index contributed by atoms with van der Waals surface area (Å²) in [4.78, 5) is 20.9. The largest absolute Gasteiger partial charge is 0.372 e. The van der Waals surface area contributed by atoms with Gasteiger partial charge in [-0.25, -0.2) is 0 Å². The first-order chi connectivity index (χ1) is 13.6. The molecule has 0 atom stereocenters. The lowest BCUT2D eigenvalue weighted by Crippen LogP contribution is -2.52. The van der Waals surface area contributed by atoms with E-state index in [0.29, 0.717) is 38.0 Å². The van der Waals surface area contributed by atoms with Crippen LogP contribution in [0.25, 0.3) is 6.08 Å². The van der Waals surface area contributed by atoms with Gasteiger partial charge >= 0.3 is 0 Å². The number of hydrogen-bond donors (Lipinski definition) is 0. The van der Waals surface area contributed by atoms with Crippen LogP contribution in [-0.2, 0) is 9.53 Å². The fourth-order valence-electron chi connectivity index (χ4n) is 3.87. The number of carbonyl (C=O) groups is 1. The maximum atomic E-state index is 12.5. The van der Waals surface area contributed by atoms with Crippen molar-refractivity contribution in [1.29, 1.82) is 0 Å². The number of amides is 1. The van der Waals surface area contributed by atoms with Crippen molar-refractivity contribution in [3.63, 3.8) is 0 Å². The van der Waals surface area contributed by atoms with E-state index in [4.69, 9.17) is 9.26 Å². The average Bonchev–Trinajstić information content (AvgIpc) is 3.08. The quantitative estimate of drug-likeness (QED) is 0.810. The van der Waals surface area contributed by atoms with Gasteiger partial charge in [0.2, 0.25) is 11.8 Å². The van der Waals surface area contributed by atoms with Crippen molar-refractivity contribution in [2.75, 3.05) is 37.7 Å². The standard InChI is InChI=1S/C21H26N4O3/c1-17-22-20(23-28-17)24-13-10-21(11-14-24)16-25(19(26)9-15-27-21)12-5-8-18-6-3-2-4-7-18/h2-8H,9-16H2,1H3/b8-5+. The first kappa shape index (κ1) is 18.7. The Hall–Kier alpha value is -2.67. The summed E-state index contributed by atoms with van der Waals surface area (Å²) in [5, 5.41) is 4.01. The second-order valence-corrected chi connectivity index (χ2v) is 7.47. The fraction of sp³-hybridized carbons (Fsp3) is 0.476. The molecular weight excluding hydrogens is 356 g/mol. The van der Waals surface area contributed by atoms with Gasteiger partial charge in [0, 0.05) is 26.6 Å². The molecule has 1 spiro atoms. The van der Waals surface area contributed by atoms with Crippen LogP contribution in [0, 0.1) is 6.92 Å². The van der Waals surface area contributed by atoms with Crippen molar-refractivity contribution >= 4 is 17.9 Å². The lowest BCUT2D eigenvalue weighted by atomic mass is 9.90. The highest BCUT2D eigenvalue weighted by molar-refractivity contribution is 5.77. The van der Waals surface area contributed by atoms with Gasteiger partial charge in [0.05, 0.1) is 25.2 Å². The van der Waals surface area contributed by atoms with Crippen LogP contribution in [0.5, 0.6) is 0 Å². The average molecular weight is 382 g/mol. The Kier molecular flexibility index (Phi) is 5.43. The first-order valence-electron chi connectivity index (χ1n) is 9.82. The molecule has 0 bridgehead atoms. The van der Waals surface area contributed by atoms with Gasteiger partial charge in [0.25, 0.3) is 5.95 Å². The predicted molar refractivity (Wildman–Crippen MR) is 106 cm³/mol. The summed E-state index contributed by atoms with van der Waals surface area (Å²) < 4.78 is 11.3. The minimum Gasteiger partial charge on any atom is -0.372 e. The number of hydrogen-bond acceptors (Lipinski definition) is 6. The lowest BCUT2D eigenvalue weighted by molar-refractivity contribution is -0.130. The Balaban J connectivity index is 1.39. The van der Waals surface area contributed by atoms with E-state index in [1.807, 2.05) is 23.1 Å². The minimum atomic E-state index is -0.290. The van der Waals surface area contributed by atoms with Crippen LogP contribution in [0.2, 0.25) is 0 Å². The summed E-state index contributed by atoms with van der Waals surface area (Å²) >= 11 is 0. The molecule has 1 aromatic carbocycles. The molecule has 1 amide bonds. The van der Waals surface area contributed by atoms with Gasteiger partial charge in [-0.3, -0.25) is 4.79 Å². The van der Waals surface area contributed by atoms with E-state index in [0.717, 1.165) is 31.5 Å². The number of carbonyl (C=O) groups excluding carboxylic acids is 1. The third-order valence-electron chi connectivity index (χ3n) is 5.47. The normalized spacial score (nSPS) is 20.1. The summed E-state index contributed by atoms with van der Waals surface area (Å²) in [7, 11) is 0. The molecule has 2 aliphatic heterocycles. The zero-order valence-electron chi connectivity index (χ0n) is 16.2. The van der Waals surface area contributed by atoms with Crippen molar-refractivity contribution in [3.8, 4) is 0 Å². The minimum absolute atomic E-state index is 0.158. The zero-order valence-corrected chi connectivity index (χ0v) is 16.2. The van der Waals surface area contributed by atoms with E-state index >= 15 is 0 Å². The third-order valence-corrected chi connectivity index (χ3v) is 5.47. The van der Waals surface area contributed by atoms with Crippen LogP contribution in [0.4, 0.5) is 5.95 Å². The third kappa shape index (κ3) is 4.25. The summed E-state index contributed by atoms with van der Waals surface area (Å²) in [5.74, 6) is 1.37. The van der Waals surface area contributed by atoms with E-state index in [1.165, 1.54) is 0 Å². The van der Waals surface area contributed by atoms with E-state index in [-0.39, 0.29) is 11.5 Å². The number of anilines is 1. The molecule has 148 valence electrons. The lowest BCUT2D eigenvalue weighted by Gasteiger charge is -2.42. The van der Waals surface area contributed by atoms with Gasteiger partial charge in [-0.15, -0.1) is 0 Å². The Morgan fingerprint density at radius 3 is 2.71 bits per heavy atom. The number of aromatic nitrogens is 2. The van der Waals surface area contributed by atoms with E-state index < -0.39 is 0 Å². The van der Waals surface area contributed by atoms with Crippen LogP contribution in [0.3, 0.4) is 0 Å². The van der Waals surface area contributed by atoms with Crippen LogP contribution < -0.4 is 4.90 Å². The van der Waals surface area contributed by atoms with Gasteiger partial charge in [-0.1, -0.05) is 42.5 Å². The van der Waals surface area contributed by atoms with Crippen molar-refractivity contribution in [3.05, 3.63) is 47.9 Å². The summed E-state index contributed by atoms with van der Waals surface area (Å²) in [6.07, 6.45) is 6.24. The second kappa shape index (κ2) is 8.14. The van der Waals surface area contributed by atoms with Crippen LogP contribution >= 0.6 is 0 Å². The van der Waals surface area contributed by atoms with E-state index in [2.05, 4.69) is 39.3 Å². The van der Waals surface area contributed by atoms with E-state index in [1.54, 1.807) is 6.92 Å². The summed E-state index contributed by atoms with van der Waals surface area (Å²) in [6, 6.07) is 10.1. The Morgan fingerprint density at radius 1 is 1.21 bits per heavy atom. The summed E-state index contributed by atoms with van der Waals surface area (Å²) in [6.45, 7) is 5.10. The van der Waals surface area contributed by atoms with Gasteiger partial charge in [0.15, 0.2) is 0 Å². The Morgan fingerprint density at radius 2 is 2.00 bits per heavy atom. The SMILES string of the molecule is Cc1nc(N2CCC3(CC2)CN(C/C=C/c2ccccc2)C(=O)CCO3)no1. The second-order valence-electron chi connectivity index (χ2n) is 7.47. The molecule has 0 unspecified atom stereocenters. The molecule has 7 heteroatoms.